The van der Waals surface area contributed by atoms with Crippen LogP contribution in [-0.2, 0) is 9.59 Å². The van der Waals surface area contributed by atoms with Gasteiger partial charge in [0.25, 0.3) is 0 Å². The molecule has 1 aliphatic heterocycles. The molecule has 1 amide bonds. The Bertz CT molecular complexity index is 406. The lowest BCUT2D eigenvalue weighted by Crippen LogP contribution is -2.37. The Kier molecular flexibility index (Phi) is 3.21. The van der Waals surface area contributed by atoms with E-state index < -0.39 is 11.9 Å². The van der Waals surface area contributed by atoms with E-state index in [0.29, 0.717) is 13.0 Å². The van der Waals surface area contributed by atoms with Crippen LogP contribution in [0.5, 0.6) is 0 Å². The van der Waals surface area contributed by atoms with Crippen molar-refractivity contribution in [3.8, 4) is 0 Å². The summed E-state index contributed by atoms with van der Waals surface area (Å²) in [4.78, 5) is 24.6. The lowest BCUT2D eigenvalue weighted by molar-refractivity contribution is -0.141. The van der Waals surface area contributed by atoms with Gasteiger partial charge in [-0.05, 0) is 18.3 Å². The van der Waals surface area contributed by atoms with E-state index in [1.807, 2.05) is 0 Å². The van der Waals surface area contributed by atoms with Gasteiger partial charge in [0.05, 0.1) is 11.8 Å². The van der Waals surface area contributed by atoms with Crippen LogP contribution < -0.4 is 0 Å². The van der Waals surface area contributed by atoms with E-state index in [0.717, 1.165) is 13.0 Å². The van der Waals surface area contributed by atoms with Crippen molar-refractivity contribution in [3.63, 3.8) is 0 Å². The zero-order valence-electron chi connectivity index (χ0n) is 11.3. The molecular weight excluding hydrogens is 230 g/mol. The number of rotatable bonds is 2. The highest BCUT2D eigenvalue weighted by molar-refractivity contribution is 5.89. The molecule has 2 atom stereocenters. The summed E-state index contributed by atoms with van der Waals surface area (Å²) >= 11 is 0. The fraction of sp³-hybridized carbons (Fsp3) is 0.714. The standard InChI is InChI=1S/C14H21NO3/c1-14(2,3)9-4-6-15(7-5-9)12(16)10-8-11(10)13(17)18/h4,10-11H,5-8H2,1-3H3,(H,17,18)/t10-,11+/m1/s1. The monoisotopic (exact) mass is 251 g/mol. The molecule has 0 spiro atoms. The Morgan fingerprint density at radius 2 is 2.00 bits per heavy atom. The number of carboxylic acids is 1. The summed E-state index contributed by atoms with van der Waals surface area (Å²) in [6.45, 7) is 7.89. The Morgan fingerprint density at radius 1 is 1.33 bits per heavy atom. The van der Waals surface area contributed by atoms with Gasteiger partial charge in [-0.1, -0.05) is 32.4 Å². The number of nitrogens with zero attached hydrogens (tertiary/aromatic N) is 1. The van der Waals surface area contributed by atoms with Crippen LogP contribution in [0.2, 0.25) is 0 Å². The van der Waals surface area contributed by atoms with Gasteiger partial charge in [-0.15, -0.1) is 0 Å². The molecule has 0 bridgehead atoms. The molecule has 1 N–H and O–H groups in total. The van der Waals surface area contributed by atoms with Crippen LogP contribution in [0.3, 0.4) is 0 Å². The van der Waals surface area contributed by atoms with Crippen molar-refractivity contribution < 1.29 is 14.7 Å². The topological polar surface area (TPSA) is 57.6 Å². The maximum atomic E-state index is 12.1. The number of hydrogen-bond donors (Lipinski definition) is 1. The van der Waals surface area contributed by atoms with Crippen LogP contribution in [0, 0.1) is 17.3 Å². The van der Waals surface area contributed by atoms with Gasteiger partial charge >= 0.3 is 5.97 Å². The normalized spacial score (nSPS) is 27.7. The third kappa shape index (κ3) is 2.57. The minimum Gasteiger partial charge on any atom is -0.481 e. The quantitative estimate of drug-likeness (QED) is 0.763. The molecule has 2 rings (SSSR count). The summed E-state index contributed by atoms with van der Waals surface area (Å²) in [5.74, 6) is -1.53. The van der Waals surface area contributed by atoms with Gasteiger partial charge in [-0.2, -0.15) is 0 Å². The molecule has 1 saturated carbocycles. The van der Waals surface area contributed by atoms with E-state index in [9.17, 15) is 9.59 Å². The van der Waals surface area contributed by atoms with E-state index in [1.165, 1.54) is 5.57 Å². The summed E-state index contributed by atoms with van der Waals surface area (Å²) in [5, 5.41) is 8.84. The molecule has 0 aromatic carbocycles. The molecular formula is C14H21NO3. The molecule has 0 saturated heterocycles. The first-order valence-electron chi connectivity index (χ1n) is 6.52. The highest BCUT2D eigenvalue weighted by atomic mass is 16.4. The lowest BCUT2D eigenvalue weighted by Gasteiger charge is -2.32. The van der Waals surface area contributed by atoms with E-state index in [-0.39, 0.29) is 17.2 Å². The zero-order chi connectivity index (χ0) is 13.5. The molecule has 0 aromatic heterocycles. The summed E-state index contributed by atoms with van der Waals surface area (Å²) < 4.78 is 0. The molecule has 4 heteroatoms. The van der Waals surface area contributed by atoms with Gasteiger partial charge < -0.3 is 10.0 Å². The first-order valence-corrected chi connectivity index (χ1v) is 6.52. The minimum absolute atomic E-state index is 0.0200. The average molecular weight is 251 g/mol. The van der Waals surface area contributed by atoms with Gasteiger partial charge in [0.1, 0.15) is 0 Å². The minimum atomic E-state index is -0.837. The smallest absolute Gasteiger partial charge is 0.307 e. The van der Waals surface area contributed by atoms with Crippen molar-refractivity contribution in [1.82, 2.24) is 4.90 Å². The number of carboxylic acid groups (broad SMARTS) is 1. The Labute approximate surface area is 108 Å². The van der Waals surface area contributed by atoms with Crippen LogP contribution in [0.4, 0.5) is 0 Å². The largest absolute Gasteiger partial charge is 0.481 e. The molecule has 100 valence electrons. The van der Waals surface area contributed by atoms with Crippen LogP contribution in [-0.4, -0.2) is 35.0 Å². The van der Waals surface area contributed by atoms with Gasteiger partial charge in [0.2, 0.25) is 5.91 Å². The van der Waals surface area contributed by atoms with Gasteiger partial charge in [0, 0.05) is 13.1 Å². The molecule has 1 aliphatic carbocycles. The van der Waals surface area contributed by atoms with Crippen LogP contribution >= 0.6 is 0 Å². The van der Waals surface area contributed by atoms with Crippen LogP contribution in [0.25, 0.3) is 0 Å². The Balaban J connectivity index is 1.93. The lowest BCUT2D eigenvalue weighted by atomic mass is 9.83. The van der Waals surface area contributed by atoms with Crippen molar-refractivity contribution in [2.75, 3.05) is 13.1 Å². The van der Waals surface area contributed by atoms with E-state index in [4.69, 9.17) is 5.11 Å². The first-order chi connectivity index (χ1) is 8.30. The van der Waals surface area contributed by atoms with Gasteiger partial charge in [-0.25, -0.2) is 0 Å². The predicted molar refractivity (Wildman–Crippen MR) is 68.0 cm³/mol. The summed E-state index contributed by atoms with van der Waals surface area (Å²) in [7, 11) is 0. The molecule has 0 unspecified atom stereocenters. The second kappa shape index (κ2) is 4.41. The molecule has 1 fully saturated rings. The van der Waals surface area contributed by atoms with E-state index in [1.54, 1.807) is 4.90 Å². The number of hydrogen-bond acceptors (Lipinski definition) is 2. The average Bonchev–Trinajstić information content (AvgIpc) is 3.07. The van der Waals surface area contributed by atoms with Crippen LogP contribution in [0.15, 0.2) is 11.6 Å². The van der Waals surface area contributed by atoms with Crippen molar-refractivity contribution in [1.29, 1.82) is 0 Å². The fourth-order valence-electron chi connectivity index (χ4n) is 2.53. The predicted octanol–water partition coefficient (Wildman–Crippen LogP) is 1.91. The summed E-state index contributed by atoms with van der Waals surface area (Å²) in [6.07, 6.45) is 3.54. The molecule has 0 aromatic rings. The molecule has 18 heavy (non-hydrogen) atoms. The van der Waals surface area contributed by atoms with Crippen molar-refractivity contribution in [2.45, 2.75) is 33.6 Å². The number of carbonyl (C=O) groups is 2. The second-order valence-electron chi connectivity index (χ2n) is 6.30. The molecule has 4 nitrogen and oxygen atoms in total. The van der Waals surface area contributed by atoms with Crippen LogP contribution in [0.1, 0.15) is 33.6 Å². The van der Waals surface area contributed by atoms with Crippen molar-refractivity contribution >= 4 is 11.9 Å². The third-order valence-corrected chi connectivity index (χ3v) is 3.91. The van der Waals surface area contributed by atoms with Gasteiger partial charge in [0.15, 0.2) is 0 Å². The summed E-state index contributed by atoms with van der Waals surface area (Å²) in [5.41, 5.74) is 1.55. The van der Waals surface area contributed by atoms with E-state index in [2.05, 4.69) is 26.8 Å². The Hall–Kier alpha value is -1.32. The van der Waals surface area contributed by atoms with Crippen molar-refractivity contribution in [2.24, 2.45) is 17.3 Å². The second-order valence-corrected chi connectivity index (χ2v) is 6.30. The van der Waals surface area contributed by atoms with E-state index >= 15 is 0 Å². The summed E-state index contributed by atoms with van der Waals surface area (Å²) in [6, 6.07) is 0. The SMILES string of the molecule is CC(C)(C)C1=CCN(C(=O)[C@@H]2C[C@@H]2C(=O)O)CC1. The highest BCUT2D eigenvalue weighted by Gasteiger charge is 2.49. The third-order valence-electron chi connectivity index (χ3n) is 3.91. The zero-order valence-corrected chi connectivity index (χ0v) is 11.3. The van der Waals surface area contributed by atoms with Gasteiger partial charge in [-0.3, -0.25) is 9.59 Å². The first kappa shape index (κ1) is 13.1. The number of amides is 1. The fourth-order valence-corrected chi connectivity index (χ4v) is 2.53. The number of carbonyl (C=O) groups excluding carboxylic acids is 1. The maximum absolute atomic E-state index is 12.1. The highest BCUT2D eigenvalue weighted by Crippen LogP contribution is 2.41. The van der Waals surface area contributed by atoms with Crippen molar-refractivity contribution in [3.05, 3.63) is 11.6 Å². The maximum Gasteiger partial charge on any atom is 0.307 e. The molecule has 0 radical (unpaired) electrons. The molecule has 1 heterocycles. The number of aliphatic carboxylic acids is 1. The molecule has 2 aliphatic rings. The Morgan fingerprint density at radius 3 is 2.39 bits per heavy atom.